The first-order valence-electron chi connectivity index (χ1n) is 6.71. The van der Waals surface area contributed by atoms with Crippen molar-refractivity contribution < 1.29 is 5.11 Å². The fourth-order valence-corrected chi connectivity index (χ4v) is 2.01. The van der Waals surface area contributed by atoms with Crippen LogP contribution in [0.25, 0.3) is 0 Å². The maximum atomic E-state index is 9.12. The van der Waals surface area contributed by atoms with Crippen LogP contribution in [0, 0.1) is 0 Å². The second kappa shape index (κ2) is 7.87. The SMILES string of the molecule is CCCc1c(NCC)ncnc1N(CC)CCO. The van der Waals surface area contributed by atoms with Gasteiger partial charge in [0.1, 0.15) is 18.0 Å². The van der Waals surface area contributed by atoms with E-state index in [2.05, 4.69) is 41.0 Å². The van der Waals surface area contributed by atoms with Gasteiger partial charge >= 0.3 is 0 Å². The fraction of sp³-hybridized carbons (Fsp3) is 0.692. The molecule has 0 saturated heterocycles. The van der Waals surface area contributed by atoms with Gasteiger partial charge in [-0.05, 0) is 20.3 Å². The number of nitrogens with one attached hydrogen (secondary N) is 1. The zero-order chi connectivity index (χ0) is 13.4. The summed E-state index contributed by atoms with van der Waals surface area (Å²) in [7, 11) is 0. The van der Waals surface area contributed by atoms with E-state index >= 15 is 0 Å². The molecule has 0 aliphatic rings. The van der Waals surface area contributed by atoms with Crippen molar-refractivity contribution in [2.24, 2.45) is 0 Å². The van der Waals surface area contributed by atoms with Crippen LogP contribution in [-0.4, -0.2) is 41.3 Å². The molecule has 102 valence electrons. The van der Waals surface area contributed by atoms with Gasteiger partial charge in [-0.25, -0.2) is 9.97 Å². The molecule has 1 rings (SSSR count). The van der Waals surface area contributed by atoms with Crippen LogP contribution >= 0.6 is 0 Å². The van der Waals surface area contributed by atoms with Gasteiger partial charge < -0.3 is 15.3 Å². The number of aromatic nitrogens is 2. The van der Waals surface area contributed by atoms with Crippen LogP contribution in [0.15, 0.2) is 6.33 Å². The molecule has 0 radical (unpaired) electrons. The van der Waals surface area contributed by atoms with Crippen LogP contribution in [0.4, 0.5) is 11.6 Å². The number of aliphatic hydroxyl groups is 1. The minimum atomic E-state index is 0.139. The number of aliphatic hydroxyl groups excluding tert-OH is 1. The van der Waals surface area contributed by atoms with E-state index in [1.165, 1.54) is 0 Å². The molecule has 0 unspecified atom stereocenters. The number of anilines is 2. The largest absolute Gasteiger partial charge is 0.395 e. The number of nitrogens with zero attached hydrogens (tertiary/aromatic N) is 3. The standard InChI is InChI=1S/C13H24N4O/c1-4-7-11-12(14-5-2)15-10-16-13(11)17(6-3)8-9-18/h10,18H,4-9H2,1-3H3,(H,14,15,16). The highest BCUT2D eigenvalue weighted by molar-refractivity contribution is 5.58. The van der Waals surface area contributed by atoms with E-state index in [9.17, 15) is 0 Å². The highest BCUT2D eigenvalue weighted by atomic mass is 16.3. The molecule has 2 N–H and O–H groups in total. The van der Waals surface area contributed by atoms with E-state index < -0.39 is 0 Å². The van der Waals surface area contributed by atoms with Crippen molar-refractivity contribution in [2.45, 2.75) is 33.6 Å². The fourth-order valence-electron chi connectivity index (χ4n) is 2.01. The Labute approximate surface area is 109 Å². The van der Waals surface area contributed by atoms with Crippen LogP contribution in [-0.2, 0) is 6.42 Å². The number of hydrogen-bond donors (Lipinski definition) is 2. The molecule has 0 aromatic carbocycles. The average molecular weight is 252 g/mol. The van der Waals surface area contributed by atoms with Crippen LogP contribution in [0.2, 0.25) is 0 Å². The smallest absolute Gasteiger partial charge is 0.137 e. The predicted octanol–water partition coefficient (Wildman–Crippen LogP) is 1.68. The van der Waals surface area contributed by atoms with Gasteiger partial charge in [0, 0.05) is 25.2 Å². The monoisotopic (exact) mass is 252 g/mol. The first kappa shape index (κ1) is 14.7. The Morgan fingerprint density at radius 3 is 2.61 bits per heavy atom. The maximum absolute atomic E-state index is 9.12. The van der Waals surface area contributed by atoms with Gasteiger partial charge in [-0.1, -0.05) is 13.3 Å². The Morgan fingerprint density at radius 1 is 1.28 bits per heavy atom. The van der Waals surface area contributed by atoms with Gasteiger partial charge in [0.2, 0.25) is 0 Å². The van der Waals surface area contributed by atoms with E-state index in [1.807, 2.05) is 0 Å². The third-order valence-corrected chi connectivity index (χ3v) is 2.82. The summed E-state index contributed by atoms with van der Waals surface area (Å²) in [4.78, 5) is 10.8. The van der Waals surface area contributed by atoms with Gasteiger partial charge in [-0.2, -0.15) is 0 Å². The lowest BCUT2D eigenvalue weighted by Gasteiger charge is -2.24. The van der Waals surface area contributed by atoms with Gasteiger partial charge in [-0.15, -0.1) is 0 Å². The Kier molecular flexibility index (Phi) is 6.43. The molecule has 0 bridgehead atoms. The lowest BCUT2D eigenvalue weighted by Crippen LogP contribution is -2.28. The highest BCUT2D eigenvalue weighted by Gasteiger charge is 2.14. The van der Waals surface area contributed by atoms with Crippen LogP contribution in [0.3, 0.4) is 0 Å². The molecule has 0 aliphatic carbocycles. The lowest BCUT2D eigenvalue weighted by molar-refractivity contribution is 0.302. The molecule has 0 amide bonds. The number of hydrogen-bond acceptors (Lipinski definition) is 5. The Balaban J connectivity index is 3.10. The van der Waals surface area contributed by atoms with E-state index in [0.29, 0.717) is 6.54 Å². The third-order valence-electron chi connectivity index (χ3n) is 2.82. The van der Waals surface area contributed by atoms with Gasteiger partial charge in [0.15, 0.2) is 0 Å². The van der Waals surface area contributed by atoms with Crippen molar-refractivity contribution in [2.75, 3.05) is 36.5 Å². The second-order valence-electron chi connectivity index (χ2n) is 4.11. The summed E-state index contributed by atoms with van der Waals surface area (Å²) < 4.78 is 0. The summed E-state index contributed by atoms with van der Waals surface area (Å²) in [5, 5.41) is 12.4. The molecule has 0 saturated carbocycles. The normalized spacial score (nSPS) is 10.4. The van der Waals surface area contributed by atoms with Crippen LogP contribution < -0.4 is 10.2 Å². The second-order valence-corrected chi connectivity index (χ2v) is 4.11. The Bertz CT molecular complexity index is 357. The zero-order valence-corrected chi connectivity index (χ0v) is 11.6. The summed E-state index contributed by atoms with van der Waals surface area (Å²) in [5.41, 5.74) is 1.15. The highest BCUT2D eigenvalue weighted by Crippen LogP contribution is 2.24. The molecule has 0 atom stereocenters. The molecule has 18 heavy (non-hydrogen) atoms. The molecule has 1 aromatic rings. The molecular formula is C13H24N4O. The van der Waals surface area contributed by atoms with Gasteiger partial charge in [0.05, 0.1) is 6.61 Å². The van der Waals surface area contributed by atoms with E-state index in [0.717, 1.165) is 43.1 Å². The van der Waals surface area contributed by atoms with Crippen molar-refractivity contribution in [3.8, 4) is 0 Å². The van der Waals surface area contributed by atoms with Crippen molar-refractivity contribution in [3.63, 3.8) is 0 Å². The van der Waals surface area contributed by atoms with E-state index in [4.69, 9.17) is 5.11 Å². The topological polar surface area (TPSA) is 61.3 Å². The molecule has 5 nitrogen and oxygen atoms in total. The summed E-state index contributed by atoms with van der Waals surface area (Å²) in [6.45, 7) is 8.70. The molecule has 0 aliphatic heterocycles. The van der Waals surface area contributed by atoms with E-state index in [-0.39, 0.29) is 6.61 Å². The van der Waals surface area contributed by atoms with Crippen molar-refractivity contribution in [1.82, 2.24) is 9.97 Å². The summed E-state index contributed by atoms with van der Waals surface area (Å²) in [5.74, 6) is 1.86. The maximum Gasteiger partial charge on any atom is 0.137 e. The number of rotatable bonds is 8. The minimum Gasteiger partial charge on any atom is -0.395 e. The third kappa shape index (κ3) is 3.57. The first-order chi connectivity index (χ1) is 8.78. The minimum absolute atomic E-state index is 0.139. The molecule has 5 heteroatoms. The molecule has 0 spiro atoms. The Morgan fingerprint density at radius 2 is 2.06 bits per heavy atom. The van der Waals surface area contributed by atoms with Gasteiger partial charge in [0.25, 0.3) is 0 Å². The van der Waals surface area contributed by atoms with Crippen LogP contribution in [0.1, 0.15) is 32.8 Å². The van der Waals surface area contributed by atoms with E-state index in [1.54, 1.807) is 6.33 Å². The summed E-state index contributed by atoms with van der Waals surface area (Å²) >= 11 is 0. The predicted molar refractivity (Wildman–Crippen MR) is 75.2 cm³/mol. The van der Waals surface area contributed by atoms with Crippen molar-refractivity contribution >= 4 is 11.6 Å². The number of likely N-dealkylation sites (N-methyl/N-ethyl adjacent to an activating group) is 1. The molecule has 1 heterocycles. The summed E-state index contributed by atoms with van der Waals surface area (Å²) in [6.07, 6.45) is 3.59. The molecule has 1 aromatic heterocycles. The van der Waals surface area contributed by atoms with Crippen LogP contribution in [0.5, 0.6) is 0 Å². The van der Waals surface area contributed by atoms with Gasteiger partial charge in [-0.3, -0.25) is 0 Å². The van der Waals surface area contributed by atoms with Crippen molar-refractivity contribution in [3.05, 3.63) is 11.9 Å². The molecular weight excluding hydrogens is 228 g/mol. The quantitative estimate of drug-likeness (QED) is 0.737. The summed E-state index contributed by atoms with van der Waals surface area (Å²) in [6, 6.07) is 0. The molecule has 0 fully saturated rings. The first-order valence-corrected chi connectivity index (χ1v) is 6.71. The average Bonchev–Trinajstić information content (AvgIpc) is 2.39. The lowest BCUT2D eigenvalue weighted by atomic mass is 10.1. The van der Waals surface area contributed by atoms with Crippen molar-refractivity contribution in [1.29, 1.82) is 0 Å². The Hall–Kier alpha value is -1.36. The zero-order valence-electron chi connectivity index (χ0n) is 11.6.